The molecular formula is C12H17N3O5S. The Morgan fingerprint density at radius 3 is 2.71 bits per heavy atom. The number of nitrogens with two attached hydrogens (primary N) is 1. The highest BCUT2D eigenvalue weighted by molar-refractivity contribution is 7.89. The highest BCUT2D eigenvalue weighted by Gasteiger charge is 2.30. The van der Waals surface area contributed by atoms with E-state index in [9.17, 15) is 18.5 Å². The SMILES string of the molecule is COc1cc([N+](=O)[O-])ccc1S(=O)(=O)NCC(N)C1CC1. The summed E-state index contributed by atoms with van der Waals surface area (Å²) in [5.41, 5.74) is 5.62. The van der Waals surface area contributed by atoms with Gasteiger partial charge in [0.1, 0.15) is 10.6 Å². The summed E-state index contributed by atoms with van der Waals surface area (Å²) >= 11 is 0. The predicted octanol–water partition coefficient (Wildman–Crippen LogP) is 0.619. The van der Waals surface area contributed by atoms with Crippen molar-refractivity contribution in [1.82, 2.24) is 4.72 Å². The average Bonchev–Trinajstić information content (AvgIpc) is 3.28. The number of nitrogens with zero attached hydrogens (tertiary/aromatic N) is 1. The number of non-ortho nitro benzene ring substituents is 1. The van der Waals surface area contributed by atoms with Gasteiger partial charge in [-0.15, -0.1) is 0 Å². The molecule has 1 aliphatic carbocycles. The van der Waals surface area contributed by atoms with Crippen molar-refractivity contribution in [3.63, 3.8) is 0 Å². The van der Waals surface area contributed by atoms with Gasteiger partial charge in [-0.25, -0.2) is 13.1 Å². The molecule has 0 bridgehead atoms. The van der Waals surface area contributed by atoms with Gasteiger partial charge in [-0.05, 0) is 24.8 Å². The lowest BCUT2D eigenvalue weighted by Gasteiger charge is -2.13. The van der Waals surface area contributed by atoms with Gasteiger partial charge in [-0.1, -0.05) is 0 Å². The molecule has 0 radical (unpaired) electrons. The maximum absolute atomic E-state index is 12.2. The molecule has 1 aromatic carbocycles. The van der Waals surface area contributed by atoms with Crippen LogP contribution in [0.5, 0.6) is 5.75 Å². The largest absolute Gasteiger partial charge is 0.495 e. The molecule has 9 heteroatoms. The Hall–Kier alpha value is -1.71. The summed E-state index contributed by atoms with van der Waals surface area (Å²) in [4.78, 5) is 9.94. The van der Waals surface area contributed by atoms with Crippen LogP contribution in [0.2, 0.25) is 0 Å². The maximum atomic E-state index is 12.2. The fourth-order valence-electron chi connectivity index (χ4n) is 1.97. The minimum Gasteiger partial charge on any atom is -0.495 e. The fourth-order valence-corrected chi connectivity index (χ4v) is 3.19. The lowest BCUT2D eigenvalue weighted by molar-refractivity contribution is -0.385. The number of methoxy groups -OCH3 is 1. The van der Waals surface area contributed by atoms with Gasteiger partial charge in [0.05, 0.1) is 18.1 Å². The van der Waals surface area contributed by atoms with Crippen molar-refractivity contribution in [2.75, 3.05) is 13.7 Å². The molecule has 1 saturated carbocycles. The van der Waals surface area contributed by atoms with Crippen LogP contribution < -0.4 is 15.2 Å². The van der Waals surface area contributed by atoms with Crippen molar-refractivity contribution in [3.8, 4) is 5.75 Å². The van der Waals surface area contributed by atoms with Gasteiger partial charge < -0.3 is 10.5 Å². The number of ether oxygens (including phenoxy) is 1. The van der Waals surface area contributed by atoms with Crippen LogP contribution in [0.3, 0.4) is 0 Å². The molecule has 0 spiro atoms. The standard InChI is InChI=1S/C12H17N3O5S/c1-20-11-6-9(15(16)17)4-5-12(11)21(18,19)14-7-10(13)8-2-3-8/h4-6,8,10,14H,2-3,7,13H2,1H3. The zero-order valence-electron chi connectivity index (χ0n) is 11.5. The van der Waals surface area contributed by atoms with Crippen LogP contribution in [0.1, 0.15) is 12.8 Å². The predicted molar refractivity (Wildman–Crippen MR) is 75.5 cm³/mol. The van der Waals surface area contributed by atoms with E-state index in [1.165, 1.54) is 7.11 Å². The van der Waals surface area contributed by atoms with Crippen LogP contribution in [0.15, 0.2) is 23.1 Å². The third-order valence-electron chi connectivity index (χ3n) is 3.38. The summed E-state index contributed by atoms with van der Waals surface area (Å²) in [5.74, 6) is 0.295. The minimum atomic E-state index is -3.82. The number of benzene rings is 1. The van der Waals surface area contributed by atoms with Gasteiger partial charge in [0.25, 0.3) is 5.69 Å². The molecule has 1 fully saturated rings. The Bertz CT molecular complexity index is 642. The summed E-state index contributed by atoms with van der Waals surface area (Å²) in [6.45, 7) is 0.132. The normalized spacial score (nSPS) is 16.5. The van der Waals surface area contributed by atoms with Gasteiger partial charge in [-0.2, -0.15) is 0 Å². The van der Waals surface area contributed by atoms with E-state index in [0.29, 0.717) is 5.92 Å². The summed E-state index contributed by atoms with van der Waals surface area (Å²) < 4.78 is 31.8. The van der Waals surface area contributed by atoms with Crippen LogP contribution in [-0.2, 0) is 10.0 Å². The topological polar surface area (TPSA) is 125 Å². The first-order valence-corrected chi connectivity index (χ1v) is 7.91. The minimum absolute atomic E-state index is 0.0725. The molecule has 8 nitrogen and oxygen atoms in total. The first-order chi connectivity index (χ1) is 9.85. The van der Waals surface area contributed by atoms with E-state index in [4.69, 9.17) is 10.5 Å². The summed E-state index contributed by atoms with van der Waals surface area (Å²) in [7, 11) is -2.57. The Labute approximate surface area is 122 Å². The van der Waals surface area contributed by atoms with Gasteiger partial charge in [-0.3, -0.25) is 10.1 Å². The lowest BCUT2D eigenvalue weighted by Crippen LogP contribution is -2.38. The number of rotatable bonds is 7. The molecule has 0 amide bonds. The Kier molecular flexibility index (Phi) is 4.45. The molecule has 3 N–H and O–H groups in total. The van der Waals surface area contributed by atoms with Crippen LogP contribution in [0.25, 0.3) is 0 Å². The van der Waals surface area contributed by atoms with E-state index in [1.807, 2.05) is 0 Å². The molecule has 0 aromatic heterocycles. The molecule has 1 aromatic rings. The molecule has 1 unspecified atom stereocenters. The zero-order valence-corrected chi connectivity index (χ0v) is 12.3. The summed E-state index contributed by atoms with van der Waals surface area (Å²) in [5, 5.41) is 10.7. The number of nitro groups is 1. The summed E-state index contributed by atoms with van der Waals surface area (Å²) in [6.07, 6.45) is 2.04. The van der Waals surface area contributed by atoms with Crippen LogP contribution in [0, 0.1) is 16.0 Å². The van der Waals surface area contributed by atoms with E-state index >= 15 is 0 Å². The lowest BCUT2D eigenvalue weighted by atomic mass is 10.2. The van der Waals surface area contributed by atoms with Crippen molar-refractivity contribution >= 4 is 15.7 Å². The first kappa shape index (κ1) is 15.7. The Balaban J connectivity index is 2.19. The van der Waals surface area contributed by atoms with E-state index in [-0.39, 0.29) is 28.9 Å². The molecule has 0 heterocycles. The second-order valence-corrected chi connectivity index (χ2v) is 6.68. The quantitative estimate of drug-likeness (QED) is 0.561. The third kappa shape index (κ3) is 3.69. The van der Waals surface area contributed by atoms with Gasteiger partial charge in [0, 0.05) is 18.7 Å². The van der Waals surface area contributed by atoms with Crippen molar-refractivity contribution in [1.29, 1.82) is 0 Å². The van der Waals surface area contributed by atoms with E-state index in [0.717, 1.165) is 31.0 Å². The number of nitrogens with one attached hydrogen (secondary N) is 1. The number of nitro benzene ring substituents is 1. The Morgan fingerprint density at radius 1 is 1.52 bits per heavy atom. The second kappa shape index (κ2) is 5.96. The molecule has 0 aliphatic heterocycles. The number of hydrogen-bond acceptors (Lipinski definition) is 6. The van der Waals surface area contributed by atoms with E-state index in [1.54, 1.807) is 0 Å². The molecule has 1 aliphatic rings. The number of hydrogen-bond donors (Lipinski definition) is 2. The van der Waals surface area contributed by atoms with Crippen LogP contribution in [0.4, 0.5) is 5.69 Å². The first-order valence-electron chi connectivity index (χ1n) is 6.43. The monoisotopic (exact) mass is 315 g/mol. The average molecular weight is 315 g/mol. The Morgan fingerprint density at radius 2 is 2.19 bits per heavy atom. The molecule has 21 heavy (non-hydrogen) atoms. The highest BCUT2D eigenvalue weighted by atomic mass is 32.2. The zero-order chi connectivity index (χ0) is 15.6. The van der Waals surface area contributed by atoms with Gasteiger partial charge in [0.2, 0.25) is 10.0 Å². The van der Waals surface area contributed by atoms with E-state index in [2.05, 4.69) is 4.72 Å². The number of sulfonamides is 1. The van der Waals surface area contributed by atoms with E-state index < -0.39 is 14.9 Å². The van der Waals surface area contributed by atoms with Crippen LogP contribution in [-0.4, -0.2) is 33.0 Å². The smallest absolute Gasteiger partial charge is 0.273 e. The van der Waals surface area contributed by atoms with Crippen LogP contribution >= 0.6 is 0 Å². The van der Waals surface area contributed by atoms with Crippen molar-refractivity contribution in [2.24, 2.45) is 11.7 Å². The van der Waals surface area contributed by atoms with Crippen molar-refractivity contribution in [3.05, 3.63) is 28.3 Å². The molecular weight excluding hydrogens is 298 g/mol. The summed E-state index contributed by atoms with van der Waals surface area (Å²) in [6, 6.07) is 3.14. The van der Waals surface area contributed by atoms with Crippen molar-refractivity contribution in [2.45, 2.75) is 23.8 Å². The maximum Gasteiger partial charge on any atom is 0.273 e. The molecule has 0 saturated heterocycles. The molecule has 1 atom stereocenters. The molecule has 2 rings (SSSR count). The fraction of sp³-hybridized carbons (Fsp3) is 0.500. The third-order valence-corrected chi connectivity index (χ3v) is 4.85. The highest BCUT2D eigenvalue weighted by Crippen LogP contribution is 2.32. The van der Waals surface area contributed by atoms with Crippen molar-refractivity contribution < 1.29 is 18.1 Å². The van der Waals surface area contributed by atoms with Gasteiger partial charge in [0.15, 0.2) is 0 Å². The van der Waals surface area contributed by atoms with Gasteiger partial charge >= 0.3 is 0 Å². The molecule has 116 valence electrons. The second-order valence-electron chi connectivity index (χ2n) is 4.95.